The maximum Gasteiger partial charge on any atom is 0.511 e. The molecular formula is C14H15F3N6O3S. The van der Waals surface area contributed by atoms with E-state index in [9.17, 15) is 21.6 Å². The Labute approximate surface area is 151 Å². The molecule has 2 aromatic heterocycles. The Morgan fingerprint density at radius 3 is 2.63 bits per heavy atom. The van der Waals surface area contributed by atoms with Crippen molar-refractivity contribution in [2.45, 2.75) is 30.4 Å². The van der Waals surface area contributed by atoms with E-state index in [-0.39, 0.29) is 32.4 Å². The highest BCUT2D eigenvalue weighted by Gasteiger charge is 2.53. The molecule has 0 aliphatic carbocycles. The van der Waals surface area contributed by atoms with E-state index in [1.807, 2.05) is 0 Å². The summed E-state index contributed by atoms with van der Waals surface area (Å²) in [5.41, 5.74) is 0.709. The second-order valence-electron chi connectivity index (χ2n) is 6.50. The standard InChI is InChI=1S/C14H15F3N6O3S/c15-14(16,17)27(24,25)22-5-2-13(3-6-22)7-11(21-26-13)23-12-9(8-20-23)10(18)1-4-19-12/h1,4,8H,2-3,5-7H2,(H2,18,19). The Morgan fingerprint density at radius 1 is 1.26 bits per heavy atom. The van der Waals surface area contributed by atoms with E-state index in [0.717, 1.165) is 0 Å². The fourth-order valence-electron chi connectivity index (χ4n) is 3.30. The molecule has 1 spiro atoms. The predicted molar refractivity (Wildman–Crippen MR) is 89.0 cm³/mol. The lowest BCUT2D eigenvalue weighted by atomic mass is 9.89. The van der Waals surface area contributed by atoms with Crippen LogP contribution in [0.3, 0.4) is 0 Å². The molecule has 4 heterocycles. The average Bonchev–Trinajstić information content (AvgIpc) is 3.20. The van der Waals surface area contributed by atoms with Crippen LogP contribution in [0.4, 0.5) is 18.9 Å². The first kappa shape index (κ1) is 18.0. The molecule has 1 saturated heterocycles. The smallest absolute Gasteiger partial charge is 0.398 e. The number of oxime groups is 1. The lowest BCUT2D eigenvalue weighted by molar-refractivity contribution is -0.0648. The maximum absolute atomic E-state index is 12.7. The molecule has 9 nitrogen and oxygen atoms in total. The van der Waals surface area contributed by atoms with Crippen LogP contribution in [0.2, 0.25) is 0 Å². The summed E-state index contributed by atoms with van der Waals surface area (Å²) in [6.07, 6.45) is 3.53. The molecule has 2 aliphatic heterocycles. The van der Waals surface area contributed by atoms with Crippen LogP contribution in [0.5, 0.6) is 0 Å². The van der Waals surface area contributed by atoms with Gasteiger partial charge in [0.2, 0.25) is 0 Å². The summed E-state index contributed by atoms with van der Waals surface area (Å²) in [4.78, 5) is 9.73. The van der Waals surface area contributed by atoms with Crippen LogP contribution in [-0.2, 0) is 14.9 Å². The minimum atomic E-state index is -5.34. The molecule has 2 aromatic rings. The Balaban J connectivity index is 1.51. The molecule has 0 radical (unpaired) electrons. The molecule has 27 heavy (non-hydrogen) atoms. The van der Waals surface area contributed by atoms with Crippen molar-refractivity contribution in [1.29, 1.82) is 0 Å². The Morgan fingerprint density at radius 2 is 1.96 bits per heavy atom. The number of anilines is 1. The van der Waals surface area contributed by atoms with Crippen molar-refractivity contribution in [3.8, 4) is 0 Å². The molecule has 0 amide bonds. The first-order valence-electron chi connectivity index (χ1n) is 8.03. The van der Waals surface area contributed by atoms with Crippen LogP contribution < -0.4 is 5.73 Å². The number of hydrogen-bond donors (Lipinski definition) is 1. The fraction of sp³-hybridized carbons (Fsp3) is 0.500. The SMILES string of the molecule is Nc1ccnc2c1cnn2C1=NOC2(CCN(S(=O)(=O)C(F)(F)F)CC2)C1. The monoisotopic (exact) mass is 404 g/mol. The Kier molecular flexibility index (Phi) is 3.86. The van der Waals surface area contributed by atoms with E-state index in [1.165, 1.54) is 10.9 Å². The summed E-state index contributed by atoms with van der Waals surface area (Å²) >= 11 is 0. The summed E-state index contributed by atoms with van der Waals surface area (Å²) in [6, 6.07) is 1.64. The van der Waals surface area contributed by atoms with Gasteiger partial charge in [-0.15, -0.1) is 0 Å². The zero-order valence-electron chi connectivity index (χ0n) is 13.8. The van der Waals surface area contributed by atoms with Crippen molar-refractivity contribution in [3.63, 3.8) is 0 Å². The van der Waals surface area contributed by atoms with Gasteiger partial charge in [0.05, 0.1) is 18.0 Å². The molecule has 0 bridgehead atoms. The fourth-order valence-corrected chi connectivity index (χ4v) is 4.26. The Bertz CT molecular complexity index is 1020. The van der Waals surface area contributed by atoms with Gasteiger partial charge in [-0.25, -0.2) is 13.4 Å². The zero-order valence-corrected chi connectivity index (χ0v) is 14.7. The first-order chi connectivity index (χ1) is 12.6. The summed E-state index contributed by atoms with van der Waals surface area (Å²) in [5, 5.41) is 8.87. The highest BCUT2D eigenvalue weighted by atomic mass is 32.2. The molecule has 0 atom stereocenters. The van der Waals surface area contributed by atoms with E-state index >= 15 is 0 Å². The van der Waals surface area contributed by atoms with Gasteiger partial charge in [0.25, 0.3) is 0 Å². The normalized spacial score (nSPS) is 20.8. The van der Waals surface area contributed by atoms with Crippen LogP contribution in [-0.4, -0.2) is 57.5 Å². The molecule has 0 unspecified atom stereocenters. The highest BCUT2D eigenvalue weighted by Crippen LogP contribution is 2.38. The number of alkyl halides is 3. The molecule has 2 aliphatic rings. The molecule has 0 aromatic carbocycles. The van der Waals surface area contributed by atoms with Gasteiger partial charge in [0, 0.05) is 37.8 Å². The van der Waals surface area contributed by atoms with Crippen LogP contribution in [0.1, 0.15) is 19.3 Å². The van der Waals surface area contributed by atoms with Gasteiger partial charge >= 0.3 is 15.5 Å². The minimum Gasteiger partial charge on any atom is -0.398 e. The second-order valence-corrected chi connectivity index (χ2v) is 8.43. The van der Waals surface area contributed by atoms with Crippen molar-refractivity contribution in [1.82, 2.24) is 19.1 Å². The average molecular weight is 404 g/mol. The number of sulfonamides is 1. The number of nitrogen functional groups attached to an aromatic ring is 1. The third kappa shape index (κ3) is 2.81. The third-order valence-electron chi connectivity index (χ3n) is 4.84. The molecule has 2 N–H and O–H groups in total. The van der Waals surface area contributed by atoms with E-state index < -0.39 is 21.1 Å². The van der Waals surface area contributed by atoms with Crippen molar-refractivity contribution >= 4 is 32.6 Å². The summed E-state index contributed by atoms with van der Waals surface area (Å²) in [5.74, 6) is 0.440. The van der Waals surface area contributed by atoms with Gasteiger partial charge < -0.3 is 10.6 Å². The van der Waals surface area contributed by atoms with Gasteiger partial charge in [0.1, 0.15) is 5.60 Å². The van der Waals surface area contributed by atoms with E-state index in [4.69, 9.17) is 10.6 Å². The molecule has 0 saturated carbocycles. The largest absolute Gasteiger partial charge is 0.511 e. The third-order valence-corrected chi connectivity index (χ3v) is 6.47. The number of halogens is 3. The minimum absolute atomic E-state index is 0.0874. The lowest BCUT2D eigenvalue weighted by Crippen LogP contribution is -2.50. The Hall–Kier alpha value is -2.41. The quantitative estimate of drug-likeness (QED) is 0.766. The van der Waals surface area contributed by atoms with Gasteiger partial charge in [0.15, 0.2) is 11.5 Å². The van der Waals surface area contributed by atoms with Gasteiger partial charge in [-0.1, -0.05) is 5.16 Å². The van der Waals surface area contributed by atoms with Gasteiger partial charge in [-0.05, 0) is 6.07 Å². The van der Waals surface area contributed by atoms with E-state index in [2.05, 4.69) is 15.2 Å². The van der Waals surface area contributed by atoms with Gasteiger partial charge in [-0.2, -0.15) is 27.3 Å². The van der Waals surface area contributed by atoms with Crippen LogP contribution >= 0.6 is 0 Å². The summed E-state index contributed by atoms with van der Waals surface area (Å²) < 4.78 is 63.1. The van der Waals surface area contributed by atoms with Crippen LogP contribution in [0.25, 0.3) is 11.0 Å². The van der Waals surface area contributed by atoms with Crippen molar-refractivity contribution in [2.75, 3.05) is 18.8 Å². The number of nitrogens with two attached hydrogens (primary N) is 1. The number of hydrogen-bond acceptors (Lipinski definition) is 7. The number of aromatic nitrogens is 3. The number of rotatable bonds is 1. The number of fused-ring (bicyclic) bond motifs is 1. The molecule has 4 rings (SSSR count). The second kappa shape index (κ2) is 5.79. The summed E-state index contributed by atoms with van der Waals surface area (Å²) in [7, 11) is -5.34. The van der Waals surface area contributed by atoms with E-state index in [1.54, 1.807) is 12.3 Å². The van der Waals surface area contributed by atoms with Crippen molar-refractivity contribution in [3.05, 3.63) is 18.5 Å². The molecule has 13 heteroatoms. The topological polar surface area (TPSA) is 116 Å². The van der Waals surface area contributed by atoms with E-state index in [0.29, 0.717) is 26.9 Å². The summed E-state index contributed by atoms with van der Waals surface area (Å²) in [6.45, 7) is -0.592. The number of pyridine rings is 1. The first-order valence-corrected chi connectivity index (χ1v) is 9.47. The zero-order chi connectivity index (χ0) is 19.4. The highest BCUT2D eigenvalue weighted by molar-refractivity contribution is 7.90. The molecular weight excluding hydrogens is 389 g/mol. The molecule has 146 valence electrons. The van der Waals surface area contributed by atoms with Crippen LogP contribution in [0, 0.1) is 0 Å². The molecule has 1 fully saturated rings. The van der Waals surface area contributed by atoms with Crippen molar-refractivity contribution < 1.29 is 26.4 Å². The number of nitrogens with zero attached hydrogens (tertiary/aromatic N) is 5. The van der Waals surface area contributed by atoms with Gasteiger partial charge in [-0.3, -0.25) is 0 Å². The lowest BCUT2D eigenvalue weighted by Gasteiger charge is -2.36. The predicted octanol–water partition coefficient (Wildman–Crippen LogP) is 1.28. The maximum atomic E-state index is 12.7. The van der Waals surface area contributed by atoms with Crippen molar-refractivity contribution in [2.24, 2.45) is 5.16 Å². The van der Waals surface area contributed by atoms with Crippen LogP contribution in [0.15, 0.2) is 23.6 Å². The number of piperidine rings is 1.